The van der Waals surface area contributed by atoms with E-state index in [2.05, 4.69) is 5.32 Å². The number of amides is 1. The molecule has 0 aliphatic heterocycles. The number of primary sulfonamides is 1. The molecule has 0 saturated carbocycles. The number of hydrogen-bond donors (Lipinski definition) is 3. The molecule has 1 rings (SSSR count). The second-order valence-corrected chi connectivity index (χ2v) is 5.88. The third-order valence-corrected chi connectivity index (χ3v) is 3.29. The summed E-state index contributed by atoms with van der Waals surface area (Å²) in [6, 6.07) is 3.52. The predicted octanol–water partition coefficient (Wildman–Crippen LogP) is 0.663. The van der Waals surface area contributed by atoms with E-state index in [1.807, 2.05) is 0 Å². The Hall–Kier alpha value is -1.15. The highest BCUT2D eigenvalue weighted by atomic mass is 35.5. The molecule has 1 amide bonds. The van der Waals surface area contributed by atoms with E-state index in [-0.39, 0.29) is 34.0 Å². The molecule has 0 radical (unpaired) electrons. The maximum absolute atomic E-state index is 11.5. The third kappa shape index (κ3) is 4.26. The summed E-state index contributed by atoms with van der Waals surface area (Å²) in [7, 11) is -3.84. The van der Waals surface area contributed by atoms with Gasteiger partial charge in [-0.25, -0.2) is 13.6 Å². The van der Waals surface area contributed by atoms with Crippen molar-refractivity contribution in [1.29, 1.82) is 0 Å². The van der Waals surface area contributed by atoms with Crippen LogP contribution < -0.4 is 16.2 Å². The van der Waals surface area contributed by atoms with Crippen LogP contribution in [0.25, 0.3) is 0 Å². The highest BCUT2D eigenvalue weighted by Gasteiger charge is 2.13. The van der Waals surface area contributed by atoms with Crippen molar-refractivity contribution in [2.24, 2.45) is 10.9 Å². The number of anilines is 1. The minimum Gasteiger partial charge on any atom is -0.327 e. The average Bonchev–Trinajstić information content (AvgIpc) is 2.18. The van der Waals surface area contributed by atoms with Crippen LogP contribution in [0.2, 0.25) is 5.02 Å². The molecular weight excluding hydrogens is 278 g/mol. The van der Waals surface area contributed by atoms with E-state index < -0.39 is 10.0 Å². The smallest absolute Gasteiger partial charge is 0.238 e. The Morgan fingerprint density at radius 3 is 2.61 bits per heavy atom. The maximum Gasteiger partial charge on any atom is 0.238 e. The first-order chi connectivity index (χ1) is 8.20. The molecule has 0 bridgehead atoms. The van der Waals surface area contributed by atoms with Crippen LogP contribution in [0.4, 0.5) is 5.69 Å². The van der Waals surface area contributed by atoms with Crippen molar-refractivity contribution in [2.75, 3.05) is 5.32 Å². The summed E-state index contributed by atoms with van der Waals surface area (Å²) < 4.78 is 22.3. The molecule has 0 spiro atoms. The van der Waals surface area contributed by atoms with E-state index in [1.165, 1.54) is 18.2 Å². The van der Waals surface area contributed by atoms with Crippen molar-refractivity contribution in [3.05, 3.63) is 23.2 Å². The van der Waals surface area contributed by atoms with E-state index in [1.54, 1.807) is 6.92 Å². The van der Waals surface area contributed by atoms with Gasteiger partial charge >= 0.3 is 0 Å². The SMILES string of the molecule is CC(N)CC(=O)Nc1cc(S(N)(=O)=O)ccc1Cl. The molecule has 100 valence electrons. The van der Waals surface area contributed by atoms with Gasteiger partial charge in [-0.15, -0.1) is 0 Å². The van der Waals surface area contributed by atoms with Crippen molar-refractivity contribution >= 4 is 33.2 Å². The van der Waals surface area contributed by atoms with E-state index in [0.717, 1.165) is 0 Å². The molecule has 1 aromatic carbocycles. The lowest BCUT2D eigenvalue weighted by molar-refractivity contribution is -0.116. The van der Waals surface area contributed by atoms with Crippen LogP contribution in [0, 0.1) is 0 Å². The fourth-order valence-electron chi connectivity index (χ4n) is 1.27. The molecule has 1 unspecified atom stereocenters. The lowest BCUT2D eigenvalue weighted by Crippen LogP contribution is -2.24. The standard InChI is InChI=1S/C10H14ClN3O3S/c1-6(12)4-10(15)14-9-5-7(18(13,16)17)2-3-8(9)11/h2-3,5-6H,4,12H2,1H3,(H,14,15)(H2,13,16,17). The number of halogens is 1. The van der Waals surface area contributed by atoms with E-state index in [0.29, 0.717) is 0 Å². The van der Waals surface area contributed by atoms with Gasteiger partial charge in [0.05, 0.1) is 15.6 Å². The Balaban J connectivity index is 2.99. The van der Waals surface area contributed by atoms with Crippen LogP contribution in [-0.4, -0.2) is 20.4 Å². The summed E-state index contributed by atoms with van der Waals surface area (Å²) in [6.07, 6.45) is 0.107. The van der Waals surface area contributed by atoms with Gasteiger partial charge in [0.1, 0.15) is 0 Å². The third-order valence-electron chi connectivity index (χ3n) is 2.05. The number of carbonyl (C=O) groups excluding carboxylic acids is 1. The van der Waals surface area contributed by atoms with Gasteiger partial charge in [0.25, 0.3) is 0 Å². The quantitative estimate of drug-likeness (QED) is 0.756. The van der Waals surface area contributed by atoms with Crippen molar-refractivity contribution in [3.8, 4) is 0 Å². The summed E-state index contributed by atoms with van der Waals surface area (Å²) in [6.45, 7) is 1.68. The molecule has 1 aromatic rings. The van der Waals surface area contributed by atoms with Gasteiger partial charge in [-0.2, -0.15) is 0 Å². The lowest BCUT2D eigenvalue weighted by Gasteiger charge is -2.10. The summed E-state index contributed by atoms with van der Waals surface area (Å²) in [5.41, 5.74) is 5.66. The molecule has 1 atom stereocenters. The first-order valence-corrected chi connectivity index (χ1v) is 7.00. The molecule has 0 heterocycles. The number of benzene rings is 1. The molecule has 0 aliphatic rings. The highest BCUT2D eigenvalue weighted by molar-refractivity contribution is 7.89. The lowest BCUT2D eigenvalue weighted by atomic mass is 10.2. The predicted molar refractivity (Wildman–Crippen MR) is 69.7 cm³/mol. The normalized spacial score (nSPS) is 13.1. The van der Waals surface area contributed by atoms with Crippen LogP contribution in [0.3, 0.4) is 0 Å². The number of nitrogens with two attached hydrogens (primary N) is 2. The van der Waals surface area contributed by atoms with Crippen molar-refractivity contribution in [1.82, 2.24) is 0 Å². The topological polar surface area (TPSA) is 115 Å². The molecule has 0 saturated heterocycles. The molecule has 0 aliphatic carbocycles. The van der Waals surface area contributed by atoms with Gasteiger partial charge in [0, 0.05) is 12.5 Å². The summed E-state index contributed by atoms with van der Waals surface area (Å²) >= 11 is 5.85. The Kier molecular flexibility index (Phi) is 4.69. The van der Waals surface area contributed by atoms with Crippen LogP contribution in [0.5, 0.6) is 0 Å². The van der Waals surface area contributed by atoms with Gasteiger partial charge in [-0.05, 0) is 25.1 Å². The Morgan fingerprint density at radius 1 is 1.50 bits per heavy atom. The first kappa shape index (κ1) is 14.9. The fourth-order valence-corrected chi connectivity index (χ4v) is 1.98. The molecular formula is C10H14ClN3O3S. The fraction of sp³-hybridized carbons (Fsp3) is 0.300. The molecule has 0 fully saturated rings. The van der Waals surface area contributed by atoms with Gasteiger partial charge in [0.15, 0.2) is 0 Å². The molecule has 8 heteroatoms. The molecule has 18 heavy (non-hydrogen) atoms. The van der Waals surface area contributed by atoms with Crippen LogP contribution >= 0.6 is 11.6 Å². The Bertz CT molecular complexity index is 557. The zero-order valence-corrected chi connectivity index (χ0v) is 11.3. The largest absolute Gasteiger partial charge is 0.327 e. The van der Waals surface area contributed by atoms with E-state index in [9.17, 15) is 13.2 Å². The zero-order chi connectivity index (χ0) is 13.9. The monoisotopic (exact) mass is 291 g/mol. The highest BCUT2D eigenvalue weighted by Crippen LogP contribution is 2.24. The van der Waals surface area contributed by atoms with Gasteiger partial charge in [0.2, 0.25) is 15.9 Å². The summed E-state index contributed by atoms with van der Waals surface area (Å²) in [5.74, 6) is -0.349. The zero-order valence-electron chi connectivity index (χ0n) is 9.68. The molecule has 6 nitrogen and oxygen atoms in total. The number of hydrogen-bond acceptors (Lipinski definition) is 4. The van der Waals surface area contributed by atoms with E-state index >= 15 is 0 Å². The Labute approximate surface area is 110 Å². The second kappa shape index (κ2) is 5.66. The van der Waals surface area contributed by atoms with E-state index in [4.69, 9.17) is 22.5 Å². The summed E-state index contributed by atoms with van der Waals surface area (Å²) in [5, 5.41) is 7.69. The minimum absolute atomic E-state index is 0.107. The summed E-state index contributed by atoms with van der Waals surface area (Å²) in [4.78, 5) is 11.4. The Morgan fingerprint density at radius 2 is 2.11 bits per heavy atom. The first-order valence-electron chi connectivity index (χ1n) is 5.08. The molecule has 5 N–H and O–H groups in total. The van der Waals surface area contributed by atoms with Crippen LogP contribution in [0.1, 0.15) is 13.3 Å². The van der Waals surface area contributed by atoms with Gasteiger partial charge in [-0.3, -0.25) is 4.79 Å². The average molecular weight is 292 g/mol. The van der Waals surface area contributed by atoms with Crippen LogP contribution in [-0.2, 0) is 14.8 Å². The number of carbonyl (C=O) groups is 1. The minimum atomic E-state index is -3.84. The van der Waals surface area contributed by atoms with Crippen LogP contribution in [0.15, 0.2) is 23.1 Å². The number of nitrogens with one attached hydrogen (secondary N) is 1. The maximum atomic E-state index is 11.5. The second-order valence-electron chi connectivity index (χ2n) is 3.92. The van der Waals surface area contributed by atoms with Gasteiger partial charge < -0.3 is 11.1 Å². The number of sulfonamides is 1. The van der Waals surface area contributed by atoms with Gasteiger partial charge in [-0.1, -0.05) is 11.6 Å². The van der Waals surface area contributed by atoms with Crippen molar-refractivity contribution < 1.29 is 13.2 Å². The molecule has 0 aromatic heterocycles. The van der Waals surface area contributed by atoms with Crippen molar-refractivity contribution in [2.45, 2.75) is 24.3 Å². The number of rotatable bonds is 4. The van der Waals surface area contributed by atoms with Crippen molar-refractivity contribution in [3.63, 3.8) is 0 Å².